The third kappa shape index (κ3) is 6.68. The van der Waals surface area contributed by atoms with Crippen molar-refractivity contribution in [1.29, 1.82) is 0 Å². The summed E-state index contributed by atoms with van der Waals surface area (Å²) in [6.07, 6.45) is 1.41. The van der Waals surface area contributed by atoms with Gasteiger partial charge in [0.05, 0.1) is 36.2 Å². The fourth-order valence-electron chi connectivity index (χ4n) is 5.55. The number of piperidine rings is 1. The number of nitrogens with one attached hydrogen (secondary N) is 1. The van der Waals surface area contributed by atoms with Crippen LogP contribution in [0.4, 0.5) is 5.69 Å². The maximum Gasteiger partial charge on any atom is 0.336 e. The quantitative estimate of drug-likeness (QED) is 0.190. The first-order valence-corrected chi connectivity index (χ1v) is 13.7. The third-order valence-electron chi connectivity index (χ3n) is 7.77. The number of nitrogens with zero attached hydrogens (tertiary/aromatic N) is 2. The maximum absolute atomic E-state index is 13.5. The maximum atomic E-state index is 13.5. The van der Waals surface area contributed by atoms with Crippen molar-refractivity contribution in [2.45, 2.75) is 32.6 Å². The Bertz CT molecular complexity index is 1420. The zero-order valence-corrected chi connectivity index (χ0v) is 24.2. The molecule has 222 valence electrons. The van der Waals surface area contributed by atoms with E-state index in [1.807, 2.05) is 0 Å². The highest BCUT2D eigenvalue weighted by Gasteiger charge is 2.38. The Morgan fingerprint density at radius 3 is 2.21 bits per heavy atom. The number of nitro benzene ring substituents is 1. The van der Waals surface area contributed by atoms with Crippen molar-refractivity contribution in [2.24, 2.45) is 5.92 Å². The Hall–Kier alpha value is -4.51. The van der Waals surface area contributed by atoms with Crippen LogP contribution in [0.15, 0.2) is 71.1 Å². The number of methoxy groups -OCH3 is 2. The molecule has 2 aromatic rings. The number of carbonyl (C=O) groups excluding carboxylic acids is 3. The molecule has 11 nitrogen and oxygen atoms in total. The smallest absolute Gasteiger partial charge is 0.336 e. The lowest BCUT2D eigenvalue weighted by Gasteiger charge is -2.32. The van der Waals surface area contributed by atoms with E-state index in [1.54, 1.807) is 51.3 Å². The van der Waals surface area contributed by atoms with E-state index in [9.17, 15) is 24.5 Å². The van der Waals surface area contributed by atoms with Crippen molar-refractivity contribution >= 4 is 23.4 Å². The van der Waals surface area contributed by atoms with Gasteiger partial charge in [0.1, 0.15) is 12.4 Å². The van der Waals surface area contributed by atoms with E-state index in [1.165, 1.54) is 25.3 Å². The van der Waals surface area contributed by atoms with E-state index in [0.717, 1.165) is 0 Å². The molecule has 1 unspecified atom stereocenters. The highest BCUT2D eigenvalue weighted by molar-refractivity contribution is 6.00. The number of ether oxygens (including phenoxy) is 3. The van der Waals surface area contributed by atoms with E-state index in [-0.39, 0.29) is 35.1 Å². The average Bonchev–Trinajstić information content (AvgIpc) is 3.00. The highest BCUT2D eigenvalue weighted by atomic mass is 16.6. The summed E-state index contributed by atoms with van der Waals surface area (Å²) in [5.41, 5.74) is 2.25. The van der Waals surface area contributed by atoms with E-state index in [2.05, 4.69) is 10.2 Å². The second-order valence-electron chi connectivity index (χ2n) is 10.3. The summed E-state index contributed by atoms with van der Waals surface area (Å²) in [5.74, 6) is -1.44. The predicted octanol–water partition coefficient (Wildman–Crippen LogP) is 4.15. The molecule has 2 aromatic carbocycles. The number of carbonyl (C=O) groups is 3. The summed E-state index contributed by atoms with van der Waals surface area (Å²) in [6, 6.07) is 13.0. The fourth-order valence-corrected chi connectivity index (χ4v) is 5.55. The van der Waals surface area contributed by atoms with Gasteiger partial charge in [0.15, 0.2) is 5.78 Å². The molecule has 1 atom stereocenters. The van der Waals surface area contributed by atoms with Crippen LogP contribution in [0.25, 0.3) is 0 Å². The standard InChI is InChI=1S/C31H35N3O8/c1-19-26(30(36)41-4)28(23-6-5-7-24(18-23)34(38)39)27(20(2)32-19)31(37)42-17-16-33-14-12-22(13-15-33)29(35)21-8-10-25(40-3)11-9-21/h5-11,18,22,28,32H,12-17H2,1-4H3. The minimum atomic E-state index is -0.911. The van der Waals surface area contributed by atoms with Crippen molar-refractivity contribution in [3.05, 3.63) is 92.3 Å². The van der Waals surface area contributed by atoms with Crippen molar-refractivity contribution in [1.82, 2.24) is 10.2 Å². The normalized spacial score (nSPS) is 17.9. The Morgan fingerprint density at radius 2 is 1.62 bits per heavy atom. The number of hydrogen-bond donors (Lipinski definition) is 1. The van der Waals surface area contributed by atoms with Crippen LogP contribution in [0.5, 0.6) is 5.75 Å². The number of dihydropyridines is 1. The number of nitro groups is 1. The number of rotatable bonds is 10. The lowest BCUT2D eigenvalue weighted by Crippen LogP contribution is -2.39. The first-order chi connectivity index (χ1) is 20.1. The molecule has 2 aliphatic rings. The van der Waals surface area contributed by atoms with E-state index < -0.39 is 22.8 Å². The monoisotopic (exact) mass is 577 g/mol. The van der Waals surface area contributed by atoms with E-state index in [0.29, 0.717) is 60.7 Å². The molecule has 0 aliphatic carbocycles. The summed E-state index contributed by atoms with van der Waals surface area (Å²) in [4.78, 5) is 52.3. The topological polar surface area (TPSA) is 137 Å². The molecule has 0 radical (unpaired) electrons. The number of esters is 2. The molecule has 2 heterocycles. The van der Waals surface area contributed by atoms with Gasteiger partial charge in [-0.3, -0.25) is 19.8 Å². The molecule has 0 saturated carbocycles. The van der Waals surface area contributed by atoms with Crippen molar-refractivity contribution in [3.63, 3.8) is 0 Å². The van der Waals surface area contributed by atoms with Crippen LogP contribution in [0.3, 0.4) is 0 Å². The molecule has 0 spiro atoms. The van der Waals surface area contributed by atoms with Gasteiger partial charge < -0.3 is 19.5 Å². The Morgan fingerprint density at radius 1 is 0.976 bits per heavy atom. The fraction of sp³-hybridized carbons (Fsp3) is 0.387. The molecule has 1 fully saturated rings. The van der Waals surface area contributed by atoms with Gasteiger partial charge in [0.2, 0.25) is 0 Å². The van der Waals surface area contributed by atoms with Gasteiger partial charge >= 0.3 is 11.9 Å². The molecule has 1 N–H and O–H groups in total. The van der Waals surface area contributed by atoms with Crippen LogP contribution >= 0.6 is 0 Å². The lowest BCUT2D eigenvalue weighted by molar-refractivity contribution is -0.384. The third-order valence-corrected chi connectivity index (χ3v) is 7.77. The Balaban J connectivity index is 1.41. The SMILES string of the molecule is COC(=O)C1=C(C)NC(C)=C(C(=O)OCCN2CCC(C(=O)c3ccc(OC)cc3)CC2)C1c1cccc([N+](=O)[O-])c1. The van der Waals surface area contributed by atoms with Crippen molar-refractivity contribution < 1.29 is 33.5 Å². The minimum absolute atomic E-state index is 0.0687. The van der Waals surface area contributed by atoms with Crippen LogP contribution < -0.4 is 10.1 Å². The Labute approximate surface area is 244 Å². The van der Waals surface area contributed by atoms with Gasteiger partial charge in [0, 0.05) is 41.6 Å². The van der Waals surface area contributed by atoms with Gasteiger partial charge in [-0.15, -0.1) is 0 Å². The summed E-state index contributed by atoms with van der Waals surface area (Å²) >= 11 is 0. The number of allylic oxidation sites excluding steroid dienone is 2. The predicted molar refractivity (Wildman–Crippen MR) is 154 cm³/mol. The van der Waals surface area contributed by atoms with E-state index in [4.69, 9.17) is 14.2 Å². The first-order valence-electron chi connectivity index (χ1n) is 13.7. The largest absolute Gasteiger partial charge is 0.497 e. The number of likely N-dealkylation sites (tertiary alicyclic amines) is 1. The number of ketones is 1. The Kier molecular flexibility index (Phi) is 9.74. The highest BCUT2D eigenvalue weighted by Crippen LogP contribution is 2.40. The molecule has 42 heavy (non-hydrogen) atoms. The summed E-state index contributed by atoms with van der Waals surface area (Å²) in [6.45, 7) is 5.35. The molecule has 0 amide bonds. The second-order valence-corrected chi connectivity index (χ2v) is 10.3. The average molecular weight is 578 g/mol. The van der Waals surface area contributed by atoms with Gasteiger partial charge in [-0.2, -0.15) is 0 Å². The van der Waals surface area contributed by atoms with Crippen LogP contribution in [0.2, 0.25) is 0 Å². The zero-order chi connectivity index (χ0) is 30.4. The molecular weight excluding hydrogens is 542 g/mol. The summed E-state index contributed by atoms with van der Waals surface area (Å²) in [5, 5.41) is 14.5. The molecule has 0 aromatic heterocycles. The van der Waals surface area contributed by atoms with Crippen molar-refractivity contribution in [3.8, 4) is 5.75 Å². The number of hydrogen-bond acceptors (Lipinski definition) is 10. The summed E-state index contributed by atoms with van der Waals surface area (Å²) < 4.78 is 15.8. The summed E-state index contributed by atoms with van der Waals surface area (Å²) in [7, 11) is 2.82. The molecule has 1 saturated heterocycles. The molecule has 11 heteroatoms. The van der Waals surface area contributed by atoms with E-state index >= 15 is 0 Å². The molecule has 2 aliphatic heterocycles. The minimum Gasteiger partial charge on any atom is -0.497 e. The van der Waals surface area contributed by atoms with Crippen LogP contribution in [0.1, 0.15) is 48.5 Å². The van der Waals surface area contributed by atoms with Gasteiger partial charge in [-0.1, -0.05) is 12.1 Å². The van der Waals surface area contributed by atoms with Crippen LogP contribution in [-0.2, 0) is 19.1 Å². The lowest BCUT2D eigenvalue weighted by atomic mass is 9.80. The number of benzene rings is 2. The first kappa shape index (κ1) is 30.4. The molecular formula is C31H35N3O8. The van der Waals surface area contributed by atoms with Crippen LogP contribution in [0, 0.1) is 16.0 Å². The van der Waals surface area contributed by atoms with Crippen LogP contribution in [-0.4, -0.2) is 68.0 Å². The zero-order valence-electron chi connectivity index (χ0n) is 24.2. The van der Waals surface area contributed by atoms with Gasteiger partial charge in [0.25, 0.3) is 5.69 Å². The number of Topliss-reactive ketones (excluding diaryl/α,β-unsaturated/α-hetero) is 1. The number of non-ortho nitro benzene ring substituents is 1. The second kappa shape index (κ2) is 13.4. The van der Waals surface area contributed by atoms with Gasteiger partial charge in [-0.05, 0) is 69.6 Å². The molecule has 0 bridgehead atoms. The van der Waals surface area contributed by atoms with Gasteiger partial charge in [-0.25, -0.2) is 9.59 Å². The van der Waals surface area contributed by atoms with Crippen molar-refractivity contribution in [2.75, 3.05) is 40.5 Å². The molecule has 4 rings (SSSR count).